The number of hydrogen-bond acceptors (Lipinski definition) is 0. The quantitative estimate of drug-likeness (QED) is 0.146. The molecule has 0 fully saturated rings. The Bertz CT molecular complexity index is 1550. The maximum atomic E-state index is 2.31. The van der Waals surface area contributed by atoms with Gasteiger partial charge in [0.15, 0.2) is 0 Å². The van der Waals surface area contributed by atoms with Crippen molar-refractivity contribution in [3.05, 3.63) is 120 Å². The zero-order valence-electron chi connectivity index (χ0n) is 20.4. The van der Waals surface area contributed by atoms with Crippen molar-refractivity contribution >= 4 is 37.8 Å². The molecule has 34 heavy (non-hydrogen) atoms. The third-order valence-electron chi connectivity index (χ3n) is 5.86. The van der Waals surface area contributed by atoms with Crippen molar-refractivity contribution in [2.75, 3.05) is 0 Å². The molecule has 0 aliphatic rings. The zero-order valence-corrected chi connectivity index (χ0v) is 23.9. The largest absolute Gasteiger partial charge is 0.150 e. The molecule has 6 aromatic rings. The van der Waals surface area contributed by atoms with Crippen molar-refractivity contribution in [3.8, 4) is 11.1 Å². The van der Waals surface area contributed by atoms with Crippen LogP contribution in [0.5, 0.6) is 0 Å². The summed E-state index contributed by atoms with van der Waals surface area (Å²) < 4.78 is 0. The van der Waals surface area contributed by atoms with Crippen molar-refractivity contribution in [1.29, 1.82) is 0 Å². The average Bonchev–Trinajstić information content (AvgIpc) is 3.41. The molecular formula is C32H30SiZr. The molecule has 0 unspecified atom stereocenters. The first-order valence-electron chi connectivity index (χ1n) is 11.7. The van der Waals surface area contributed by atoms with Crippen molar-refractivity contribution in [1.82, 2.24) is 0 Å². The molecule has 0 atom stereocenters. The maximum absolute atomic E-state index is 2.31. The summed E-state index contributed by atoms with van der Waals surface area (Å²) in [5, 5.41) is 8.16. The molecule has 6 rings (SSSR count). The van der Waals surface area contributed by atoms with Crippen LogP contribution in [0.1, 0.15) is 11.1 Å². The molecule has 0 aliphatic carbocycles. The van der Waals surface area contributed by atoms with Gasteiger partial charge in [-0.05, 0) is 13.8 Å². The molecule has 0 aliphatic heterocycles. The van der Waals surface area contributed by atoms with E-state index in [1.165, 1.54) is 54.6 Å². The number of rotatable bonds is 1. The monoisotopic (exact) mass is 532 g/mol. The molecule has 0 heterocycles. The van der Waals surface area contributed by atoms with Gasteiger partial charge in [0.1, 0.15) is 0 Å². The maximum Gasteiger partial charge on any atom is -0.0469 e. The minimum Gasteiger partial charge on any atom is -0.150 e. The van der Waals surface area contributed by atoms with Gasteiger partial charge in [-0.3, -0.25) is 0 Å². The van der Waals surface area contributed by atoms with E-state index in [1.54, 1.807) is 23.3 Å². The van der Waals surface area contributed by atoms with Crippen LogP contribution < -0.4 is 0 Å². The van der Waals surface area contributed by atoms with Gasteiger partial charge in [-0.15, -0.1) is 86.4 Å². The van der Waals surface area contributed by atoms with Crippen LogP contribution in [-0.4, -0.2) is 5.43 Å². The minimum absolute atomic E-state index is 0.210. The molecule has 2 heteroatoms. The van der Waals surface area contributed by atoms with Crippen LogP contribution >= 0.6 is 0 Å². The smallest absolute Gasteiger partial charge is 0.0469 e. The Kier molecular flexibility index (Phi) is 8.14. The molecule has 0 bridgehead atoms. The van der Waals surface area contributed by atoms with E-state index in [-0.39, 0.29) is 5.43 Å². The number of aryl methyl sites for hydroxylation is 2. The summed E-state index contributed by atoms with van der Waals surface area (Å²) in [6.07, 6.45) is 0. The predicted molar refractivity (Wildman–Crippen MR) is 149 cm³/mol. The molecular weight excluding hydrogens is 504 g/mol. The van der Waals surface area contributed by atoms with Crippen LogP contribution in [0.25, 0.3) is 43.4 Å². The van der Waals surface area contributed by atoms with Crippen LogP contribution in [0.2, 0.25) is 13.1 Å². The van der Waals surface area contributed by atoms with Crippen LogP contribution in [-0.2, 0) is 23.3 Å². The molecule has 0 N–H and O–H groups in total. The van der Waals surface area contributed by atoms with Gasteiger partial charge in [0, 0.05) is 0 Å². The third kappa shape index (κ3) is 5.74. The van der Waals surface area contributed by atoms with E-state index >= 15 is 0 Å². The van der Waals surface area contributed by atoms with E-state index in [4.69, 9.17) is 0 Å². The Balaban J connectivity index is 0.000000140. The Labute approximate surface area is 218 Å². The van der Waals surface area contributed by atoms with Gasteiger partial charge in [-0.1, -0.05) is 77.4 Å². The Morgan fingerprint density at radius 3 is 2.12 bits per heavy atom. The average molecular weight is 534 g/mol. The van der Waals surface area contributed by atoms with E-state index in [0.29, 0.717) is 0 Å². The summed E-state index contributed by atoms with van der Waals surface area (Å²) in [5.41, 5.74) is 5.52. The van der Waals surface area contributed by atoms with E-state index < -0.39 is 0 Å². The van der Waals surface area contributed by atoms with Crippen LogP contribution in [0, 0.1) is 13.8 Å². The van der Waals surface area contributed by atoms with Crippen molar-refractivity contribution in [2.24, 2.45) is 0 Å². The SMILES string of the molecule is C[Si](C)=[Zr+2].Cc1ccc2c(c1)[cH-]c1cccc(C)c12.c1ccc(-c2c[cH-]c3ccccc23)cc1. The molecule has 0 spiro atoms. The molecule has 0 amide bonds. The van der Waals surface area contributed by atoms with E-state index in [9.17, 15) is 0 Å². The van der Waals surface area contributed by atoms with Crippen molar-refractivity contribution in [2.45, 2.75) is 26.9 Å². The topological polar surface area (TPSA) is 0 Å². The molecule has 0 nitrogen and oxygen atoms in total. The van der Waals surface area contributed by atoms with E-state index in [1.807, 2.05) is 0 Å². The fourth-order valence-corrected chi connectivity index (χ4v) is 4.40. The van der Waals surface area contributed by atoms with Crippen LogP contribution in [0.3, 0.4) is 0 Å². The predicted octanol–water partition coefficient (Wildman–Crippen LogP) is 9.34. The Hall–Kier alpha value is -2.54. The summed E-state index contributed by atoms with van der Waals surface area (Å²) in [6.45, 7) is 8.94. The Morgan fingerprint density at radius 2 is 1.35 bits per heavy atom. The van der Waals surface area contributed by atoms with Gasteiger partial charge in [0.05, 0.1) is 0 Å². The molecule has 0 aromatic heterocycles. The zero-order chi connectivity index (χ0) is 24.1. The molecule has 166 valence electrons. The fourth-order valence-electron chi connectivity index (χ4n) is 4.40. The molecule has 6 aromatic carbocycles. The van der Waals surface area contributed by atoms with Crippen LogP contribution in [0.4, 0.5) is 0 Å². The molecule has 0 saturated carbocycles. The first kappa shape index (κ1) is 24.6. The second kappa shape index (κ2) is 11.3. The second-order valence-electron chi connectivity index (χ2n) is 8.97. The summed E-state index contributed by atoms with van der Waals surface area (Å²) >= 11 is 1.74. The summed E-state index contributed by atoms with van der Waals surface area (Å²) in [7, 11) is 0. The van der Waals surface area contributed by atoms with Gasteiger partial charge < -0.3 is 0 Å². The van der Waals surface area contributed by atoms with E-state index in [2.05, 4.69) is 136 Å². The van der Waals surface area contributed by atoms with Crippen LogP contribution in [0.15, 0.2) is 109 Å². The number of hydrogen-bond donors (Lipinski definition) is 0. The van der Waals surface area contributed by atoms with Gasteiger partial charge in [-0.2, -0.15) is 0 Å². The number of benzene rings is 4. The van der Waals surface area contributed by atoms with Gasteiger partial charge >= 0.3 is 41.9 Å². The second-order valence-corrected chi connectivity index (χ2v) is 18.3. The van der Waals surface area contributed by atoms with E-state index in [0.717, 1.165) is 0 Å². The first-order valence-corrected chi connectivity index (χ1v) is 17.9. The Morgan fingerprint density at radius 1 is 0.676 bits per heavy atom. The van der Waals surface area contributed by atoms with Gasteiger partial charge in [0.25, 0.3) is 0 Å². The molecule has 0 radical (unpaired) electrons. The third-order valence-corrected chi connectivity index (χ3v) is 5.86. The van der Waals surface area contributed by atoms with Crippen molar-refractivity contribution < 1.29 is 23.3 Å². The van der Waals surface area contributed by atoms with Gasteiger partial charge in [-0.25, -0.2) is 0 Å². The molecule has 0 saturated heterocycles. The minimum atomic E-state index is 0.210. The van der Waals surface area contributed by atoms with Gasteiger partial charge in [0.2, 0.25) is 0 Å². The normalized spacial score (nSPS) is 10.5. The fraction of sp³-hybridized carbons (Fsp3) is 0.125. The summed E-state index contributed by atoms with van der Waals surface area (Å²) in [4.78, 5) is 0. The van der Waals surface area contributed by atoms with Crippen molar-refractivity contribution in [3.63, 3.8) is 0 Å². The number of fused-ring (bicyclic) bond motifs is 4. The summed E-state index contributed by atoms with van der Waals surface area (Å²) in [6, 6.07) is 38.9. The standard InChI is InChI=1S/C15H13.C15H11.C2H6Si.Zr/c1-10-6-7-14-13(8-10)9-12-5-3-4-11(2)15(12)14;1-2-6-12(7-3-1)15-11-10-13-8-4-5-9-14(13)15;1-3-2;/h3-9H,1-2H3;1-11H;1-2H3;/q2*-1;;+2. The summed E-state index contributed by atoms with van der Waals surface area (Å²) in [5.74, 6) is 0. The first-order chi connectivity index (χ1) is 16.4.